The lowest BCUT2D eigenvalue weighted by Gasteiger charge is -2.35. The zero-order valence-corrected chi connectivity index (χ0v) is 65.6. The number of carbonyl (C=O) groups excluding carboxylic acids is 2. The number of carbonyl (C=O) groups is 2. The van der Waals surface area contributed by atoms with Gasteiger partial charge < -0.3 is 91.0 Å². The van der Waals surface area contributed by atoms with Gasteiger partial charge in [0.2, 0.25) is 5.91 Å². The Hall–Kier alpha value is -3.47. The Morgan fingerprint density at radius 1 is 0.676 bits per heavy atom. The monoisotopic (exact) mass is 1530 g/mol. The van der Waals surface area contributed by atoms with Crippen molar-refractivity contribution in [2.75, 3.05) is 7.11 Å². The number of unbranched alkanes of at least 4 members (excludes halogenated alkanes) is 3. The van der Waals surface area contributed by atoms with Crippen molar-refractivity contribution in [1.82, 2.24) is 15.3 Å². The summed E-state index contributed by atoms with van der Waals surface area (Å²) in [5.41, 5.74) is 6.57. The van der Waals surface area contributed by atoms with Crippen molar-refractivity contribution < 1.29 is 107 Å². The molecule has 0 spiro atoms. The third kappa shape index (κ3) is 39.8. The molecular weight excluding hydrogens is 1400 g/mol. The summed E-state index contributed by atoms with van der Waals surface area (Å²) in [5.74, 6) is -2.95. The predicted molar refractivity (Wildman–Crippen MR) is 401 cm³/mol. The zero-order chi connectivity index (χ0) is 77.8. The Morgan fingerprint density at radius 3 is 1.90 bits per heavy atom. The van der Waals surface area contributed by atoms with Gasteiger partial charge in [-0.2, -0.15) is 8.42 Å². The van der Waals surface area contributed by atoms with E-state index >= 15 is 0 Å². The average molecular weight is 1530 g/mol. The summed E-state index contributed by atoms with van der Waals surface area (Å²) in [5, 5.41) is 137. The summed E-state index contributed by atoms with van der Waals surface area (Å²) in [6.07, 6.45) is 7.45. The minimum Gasteiger partial charge on any atom is -0.456 e. The van der Waals surface area contributed by atoms with Gasteiger partial charge in [0.15, 0.2) is 11.6 Å². The van der Waals surface area contributed by atoms with Crippen molar-refractivity contribution in [3.05, 3.63) is 57.7 Å². The smallest absolute Gasteiger partial charge is 0.397 e. The number of oxazole rings is 1. The van der Waals surface area contributed by atoms with Crippen LogP contribution in [0.4, 0.5) is 0 Å². The van der Waals surface area contributed by atoms with Crippen molar-refractivity contribution >= 4 is 33.6 Å². The number of nitrogens with zero attached hydrogens (tertiary/aromatic N) is 2. The molecule has 26 nitrogen and oxygen atoms in total. The number of hydrogen-bond donors (Lipinski definition) is 15. The number of ether oxygens (including phenoxy) is 3. The Morgan fingerprint density at radius 2 is 1.26 bits per heavy atom. The SMILES string of the molecule is COC1/C=C\C(C)CCC(O)CC(O)CCCC(O)CCCCC(C)C(OS(=O)(=O)O)C(NC(=O)/C(C)=C/C(C)C(O)CC(O)CC(O)CCCC(O)CC(O)CC(O)CC2OC(c3csc(CCCCCC[C@@H](C)N)n3)CCC2C)C(C)OC(=O)c2coc(n2)CCCC(O)CC(O)CCCC(O)C1. The van der Waals surface area contributed by atoms with Crippen LogP contribution in [0.3, 0.4) is 0 Å². The first kappa shape index (κ1) is 93.9. The van der Waals surface area contributed by atoms with Crippen LogP contribution in [-0.2, 0) is 46.4 Å². The minimum absolute atomic E-state index is 0.0176. The fraction of sp³-hybridized carbons (Fsp3) is 0.844. The molecule has 23 atom stereocenters. The van der Waals surface area contributed by atoms with Crippen molar-refractivity contribution in [3.8, 4) is 0 Å². The third-order valence-corrected chi connectivity index (χ3v) is 22.2. The van der Waals surface area contributed by atoms with Crippen molar-refractivity contribution in [2.45, 2.75) is 383 Å². The number of hydrogen-bond acceptors (Lipinski definition) is 25. The number of fused-ring (bicyclic) bond motifs is 2. The number of allylic oxidation sites excluding steroid dienone is 1. The van der Waals surface area contributed by atoms with Gasteiger partial charge in [0.05, 0.1) is 102 Å². The van der Waals surface area contributed by atoms with Crippen molar-refractivity contribution in [2.24, 2.45) is 29.4 Å². The molecule has 105 heavy (non-hydrogen) atoms. The highest BCUT2D eigenvalue weighted by Gasteiger charge is 2.40. The highest BCUT2D eigenvalue weighted by Crippen LogP contribution is 2.38. The maximum atomic E-state index is 14.2. The molecule has 16 N–H and O–H groups in total. The molecule has 2 bridgehead atoms. The van der Waals surface area contributed by atoms with E-state index in [0.717, 1.165) is 68.3 Å². The Kier molecular flexibility index (Phi) is 45.1. The molecule has 608 valence electrons. The molecule has 2 aliphatic rings. The second kappa shape index (κ2) is 50.4. The number of aryl methyl sites for hydroxylation is 2. The van der Waals surface area contributed by atoms with Gasteiger partial charge in [0.25, 0.3) is 0 Å². The molecule has 0 radical (unpaired) electrons. The van der Waals surface area contributed by atoms with Crippen LogP contribution in [0.15, 0.2) is 39.9 Å². The number of cyclic esters (lactones) is 1. The van der Waals surface area contributed by atoms with E-state index in [2.05, 4.69) is 22.6 Å². The number of nitrogens with one attached hydrogen (secondary N) is 1. The van der Waals surface area contributed by atoms with E-state index < -0.39 is 126 Å². The molecule has 0 aliphatic carbocycles. The van der Waals surface area contributed by atoms with Crippen molar-refractivity contribution in [1.29, 1.82) is 0 Å². The Bertz CT molecular complexity index is 2850. The molecule has 4 heterocycles. The number of thiazole rings is 1. The van der Waals surface area contributed by atoms with Crippen LogP contribution in [-0.4, -0.2) is 213 Å². The number of methoxy groups -OCH3 is 1. The van der Waals surface area contributed by atoms with Crippen LogP contribution >= 0.6 is 11.3 Å². The highest BCUT2D eigenvalue weighted by atomic mass is 32.3. The number of rotatable bonds is 29. The summed E-state index contributed by atoms with van der Waals surface area (Å²) >= 11 is 1.66. The first-order valence-corrected chi connectivity index (χ1v) is 41.4. The van der Waals surface area contributed by atoms with Crippen LogP contribution in [0.5, 0.6) is 0 Å². The summed E-state index contributed by atoms with van der Waals surface area (Å²) in [6, 6.07) is -1.25. The summed E-state index contributed by atoms with van der Waals surface area (Å²) < 4.78 is 64.3. The van der Waals surface area contributed by atoms with Gasteiger partial charge in [-0.3, -0.25) is 9.35 Å². The molecule has 22 unspecified atom stereocenters. The minimum atomic E-state index is -5.24. The topological polar surface area (TPSA) is 445 Å². The molecule has 1 amide bonds. The van der Waals surface area contributed by atoms with E-state index in [1.54, 1.807) is 32.3 Å². The standard InChI is InChI=1S/C77H136N4O22S2/c1-48-31-34-62(89)39-57(84)23-15-22-55(82)21-14-13-19-50(3)75(103-105(96,97)98)74(54(7)101-77(95)67-46-100-72(79-67)29-18-28-58(85)38-56(83)24-17-27-61(88)43-66(99-8)35-32-48)81-76(94)52(5)37-51(4)69(93)44-64(91)41-60(87)26-16-25-59(86)40-63(90)42-65(92)45-71-49(2)33-36-70(102-71)68-47-104-73(80-68)30-12-10-9-11-20-53(6)78/h32,35,37,46-51,53-66,69-71,74-75,82-93H,9-31,33-34,36,38-45,78H2,1-8H3,(H,81,94)(H,96,97,98)/b35-32-,52-37+/t48?,49?,50?,51?,53-,54?,55?,56?,57?,58?,59?,60?,61?,62?,63?,64?,65?,66?,69?,70?,71?,74?,75?/m1/s1. The first-order valence-electron chi connectivity index (χ1n) is 39.2. The van der Waals surface area contributed by atoms with Gasteiger partial charge in [-0.15, -0.1) is 11.3 Å². The summed E-state index contributed by atoms with van der Waals surface area (Å²) in [7, 11) is -3.67. The number of esters is 1. The summed E-state index contributed by atoms with van der Waals surface area (Å²) in [6.45, 7) is 12.2. The predicted octanol–water partition coefficient (Wildman–Crippen LogP) is 8.81. The second-order valence-corrected chi connectivity index (χ2v) is 33.0. The summed E-state index contributed by atoms with van der Waals surface area (Å²) in [4.78, 5) is 37.2. The lowest BCUT2D eigenvalue weighted by molar-refractivity contribution is -0.120. The van der Waals surface area contributed by atoms with Gasteiger partial charge in [-0.1, -0.05) is 78.0 Å². The molecule has 0 saturated carbocycles. The van der Waals surface area contributed by atoms with E-state index in [4.69, 9.17) is 33.5 Å². The Balaban J connectivity index is 1.34. The van der Waals surface area contributed by atoms with E-state index in [0.29, 0.717) is 96.3 Å². The molecule has 4 rings (SSSR count). The third-order valence-electron chi connectivity index (χ3n) is 20.8. The number of amides is 1. The maximum Gasteiger partial charge on any atom is 0.397 e. The van der Waals surface area contributed by atoms with Crippen LogP contribution < -0.4 is 11.1 Å². The lowest BCUT2D eigenvalue weighted by Crippen LogP contribution is -2.55. The van der Waals surface area contributed by atoms with Crippen LogP contribution in [0.25, 0.3) is 0 Å². The molecule has 1 fully saturated rings. The Labute approximate surface area is 629 Å². The number of nitrogens with two attached hydrogens (primary N) is 1. The van der Waals surface area contributed by atoms with E-state index in [1.165, 1.54) is 19.9 Å². The van der Waals surface area contributed by atoms with E-state index in [9.17, 15) is 83.8 Å². The second-order valence-electron chi connectivity index (χ2n) is 31.1. The van der Waals surface area contributed by atoms with E-state index in [-0.39, 0.29) is 124 Å². The van der Waals surface area contributed by atoms with Crippen LogP contribution in [0.1, 0.15) is 287 Å². The fourth-order valence-corrected chi connectivity index (χ4v) is 15.7. The van der Waals surface area contributed by atoms with Gasteiger partial charge in [-0.05, 0) is 212 Å². The van der Waals surface area contributed by atoms with Gasteiger partial charge in [0, 0.05) is 42.9 Å². The first-order chi connectivity index (χ1) is 49.7. The number of aliphatic hydroxyl groups excluding tert-OH is 12. The molecule has 1 saturated heterocycles. The van der Waals surface area contributed by atoms with Gasteiger partial charge in [-0.25, -0.2) is 18.9 Å². The van der Waals surface area contributed by atoms with Crippen LogP contribution in [0, 0.1) is 23.7 Å². The lowest BCUT2D eigenvalue weighted by atomic mass is 9.88. The molecule has 28 heteroatoms. The number of aromatic nitrogens is 2. The largest absolute Gasteiger partial charge is 0.456 e. The van der Waals surface area contributed by atoms with Gasteiger partial charge in [0.1, 0.15) is 24.6 Å². The average Bonchev–Trinajstić information content (AvgIpc) is 1.80. The zero-order valence-electron chi connectivity index (χ0n) is 64.0. The van der Waals surface area contributed by atoms with Gasteiger partial charge >= 0.3 is 16.4 Å². The van der Waals surface area contributed by atoms with Crippen LogP contribution in [0.2, 0.25) is 0 Å². The quantitative estimate of drug-likeness (QED) is 0.0119. The number of aliphatic hydroxyl groups is 12. The molecule has 2 aliphatic heterocycles. The molecule has 2 aromatic rings. The maximum absolute atomic E-state index is 14.2. The molecular formula is C77H136N4O22S2. The van der Waals surface area contributed by atoms with E-state index in [1.807, 2.05) is 26.0 Å². The highest BCUT2D eigenvalue weighted by molar-refractivity contribution is 7.80. The molecule has 0 aromatic carbocycles. The normalized spacial score (nSPS) is 30.3. The molecule has 2 aromatic heterocycles. The fourth-order valence-electron chi connectivity index (χ4n) is 14.2. The van der Waals surface area contributed by atoms with Crippen molar-refractivity contribution in [3.63, 3.8) is 0 Å².